The standard InChI is InChI=1S/C17H19N3O3S/c1-20(9-11-5-4-6-24-11)10-16-18-13-8-15(23-3)14(22-2)7-12(13)17(21)19-16/h4-8H,9-10H2,1-3H3,(H,18,19,21)/p+1. The molecule has 0 spiro atoms. The molecule has 0 radical (unpaired) electrons. The fourth-order valence-electron chi connectivity index (χ4n) is 2.66. The molecule has 0 aliphatic heterocycles. The highest BCUT2D eigenvalue weighted by Crippen LogP contribution is 2.29. The van der Waals surface area contributed by atoms with Crippen molar-refractivity contribution in [3.05, 3.63) is 50.7 Å². The predicted molar refractivity (Wildman–Crippen MR) is 94.1 cm³/mol. The van der Waals surface area contributed by atoms with Crippen LogP contribution in [0.4, 0.5) is 0 Å². The number of benzene rings is 1. The molecule has 0 fully saturated rings. The van der Waals surface area contributed by atoms with Gasteiger partial charge in [-0.2, -0.15) is 0 Å². The highest BCUT2D eigenvalue weighted by Gasteiger charge is 2.13. The average molecular weight is 346 g/mol. The number of rotatable bonds is 6. The van der Waals surface area contributed by atoms with Crippen LogP contribution in [0.1, 0.15) is 10.7 Å². The smallest absolute Gasteiger partial charge is 0.259 e. The predicted octanol–water partition coefficient (Wildman–Crippen LogP) is 1.22. The summed E-state index contributed by atoms with van der Waals surface area (Å²) in [5, 5.41) is 2.56. The minimum atomic E-state index is -0.167. The molecule has 1 aromatic carbocycles. The van der Waals surface area contributed by atoms with Crippen molar-refractivity contribution in [2.24, 2.45) is 0 Å². The lowest BCUT2D eigenvalue weighted by Gasteiger charge is -2.13. The summed E-state index contributed by atoms with van der Waals surface area (Å²) in [6.07, 6.45) is 0. The van der Waals surface area contributed by atoms with Crippen molar-refractivity contribution >= 4 is 22.2 Å². The van der Waals surface area contributed by atoms with Crippen molar-refractivity contribution < 1.29 is 14.4 Å². The van der Waals surface area contributed by atoms with Gasteiger partial charge in [-0.15, -0.1) is 11.3 Å². The van der Waals surface area contributed by atoms with Crippen molar-refractivity contribution in [2.45, 2.75) is 13.1 Å². The van der Waals surface area contributed by atoms with E-state index in [0.29, 0.717) is 34.8 Å². The summed E-state index contributed by atoms with van der Waals surface area (Å²) in [5.41, 5.74) is 0.440. The second-order valence-corrected chi connectivity index (χ2v) is 6.66. The van der Waals surface area contributed by atoms with Gasteiger partial charge in [0.15, 0.2) is 17.3 Å². The summed E-state index contributed by atoms with van der Waals surface area (Å²) in [6, 6.07) is 7.55. The van der Waals surface area contributed by atoms with E-state index in [1.165, 1.54) is 9.78 Å². The zero-order valence-electron chi connectivity index (χ0n) is 13.9. The number of ether oxygens (including phenoxy) is 2. The first kappa shape index (κ1) is 16.5. The second-order valence-electron chi connectivity index (χ2n) is 5.63. The molecule has 1 atom stereocenters. The Kier molecular flexibility index (Phi) is 4.82. The molecule has 0 aliphatic carbocycles. The van der Waals surface area contributed by atoms with Crippen LogP contribution in [0.2, 0.25) is 0 Å². The van der Waals surface area contributed by atoms with Crippen LogP contribution in [0.3, 0.4) is 0 Å². The van der Waals surface area contributed by atoms with E-state index < -0.39 is 0 Å². The number of nitrogens with one attached hydrogen (secondary N) is 2. The van der Waals surface area contributed by atoms with Gasteiger partial charge in [-0.05, 0) is 17.5 Å². The number of methoxy groups -OCH3 is 2. The summed E-state index contributed by atoms with van der Waals surface area (Å²) in [6.45, 7) is 1.53. The Balaban J connectivity index is 1.90. The molecule has 2 N–H and O–H groups in total. The van der Waals surface area contributed by atoms with Gasteiger partial charge >= 0.3 is 0 Å². The minimum absolute atomic E-state index is 0.167. The zero-order chi connectivity index (χ0) is 17.1. The Bertz CT molecular complexity index is 890. The fourth-order valence-corrected chi connectivity index (χ4v) is 3.48. The van der Waals surface area contributed by atoms with E-state index in [4.69, 9.17) is 9.47 Å². The first-order valence-corrected chi connectivity index (χ1v) is 8.47. The third-order valence-electron chi connectivity index (χ3n) is 3.79. The number of aromatic amines is 1. The maximum atomic E-state index is 12.4. The number of H-pyrrole nitrogens is 1. The zero-order valence-corrected chi connectivity index (χ0v) is 14.7. The number of hydrogen-bond acceptors (Lipinski definition) is 5. The molecule has 3 aromatic rings. The summed E-state index contributed by atoms with van der Waals surface area (Å²) in [7, 11) is 5.19. The quantitative estimate of drug-likeness (QED) is 0.704. The van der Waals surface area contributed by atoms with Crippen LogP contribution in [-0.2, 0) is 13.1 Å². The Morgan fingerprint density at radius 2 is 1.96 bits per heavy atom. The van der Waals surface area contributed by atoms with Crippen LogP contribution in [-0.4, -0.2) is 31.2 Å². The molecule has 1 unspecified atom stereocenters. The lowest BCUT2D eigenvalue weighted by molar-refractivity contribution is -0.908. The van der Waals surface area contributed by atoms with Gasteiger partial charge in [0, 0.05) is 6.07 Å². The molecule has 0 saturated heterocycles. The van der Waals surface area contributed by atoms with E-state index in [0.717, 1.165) is 6.54 Å². The van der Waals surface area contributed by atoms with Gasteiger partial charge in [0.2, 0.25) is 0 Å². The summed E-state index contributed by atoms with van der Waals surface area (Å²) < 4.78 is 10.5. The van der Waals surface area contributed by atoms with Crippen molar-refractivity contribution in [2.75, 3.05) is 21.3 Å². The van der Waals surface area contributed by atoms with Gasteiger partial charge in [-0.3, -0.25) is 4.79 Å². The van der Waals surface area contributed by atoms with Crippen LogP contribution in [0.15, 0.2) is 34.4 Å². The molecule has 0 bridgehead atoms. The van der Waals surface area contributed by atoms with E-state index in [1.54, 1.807) is 37.7 Å². The fraction of sp³-hybridized carbons (Fsp3) is 0.294. The number of nitrogens with zero attached hydrogens (tertiary/aromatic N) is 1. The summed E-state index contributed by atoms with van der Waals surface area (Å²) >= 11 is 1.73. The van der Waals surface area contributed by atoms with E-state index >= 15 is 0 Å². The monoisotopic (exact) mass is 346 g/mol. The molecule has 6 nitrogen and oxygen atoms in total. The molecular weight excluding hydrogens is 326 g/mol. The first-order chi connectivity index (χ1) is 11.6. The Labute approximate surface area is 143 Å². The maximum absolute atomic E-state index is 12.4. The lowest BCUT2D eigenvalue weighted by atomic mass is 10.2. The molecule has 3 rings (SSSR count). The van der Waals surface area contributed by atoms with Crippen LogP contribution >= 0.6 is 11.3 Å². The molecule has 126 valence electrons. The Hall–Kier alpha value is -2.38. The number of quaternary nitrogens is 1. The molecule has 2 aromatic heterocycles. The van der Waals surface area contributed by atoms with Crippen LogP contribution < -0.4 is 19.9 Å². The molecular formula is C17H20N3O3S+. The van der Waals surface area contributed by atoms with E-state index in [1.807, 2.05) is 6.07 Å². The molecule has 2 heterocycles. The van der Waals surface area contributed by atoms with Gasteiger partial charge in [-0.1, -0.05) is 6.07 Å². The number of aromatic nitrogens is 2. The van der Waals surface area contributed by atoms with Crippen LogP contribution in [0.25, 0.3) is 10.9 Å². The Morgan fingerprint density at radius 1 is 1.21 bits per heavy atom. The van der Waals surface area contributed by atoms with Gasteiger partial charge in [0.1, 0.15) is 13.1 Å². The summed E-state index contributed by atoms with van der Waals surface area (Å²) in [4.78, 5) is 22.4. The topological polar surface area (TPSA) is 68.7 Å². The van der Waals surface area contributed by atoms with Gasteiger partial charge in [0.05, 0.1) is 37.0 Å². The molecule has 7 heteroatoms. The minimum Gasteiger partial charge on any atom is -0.493 e. The van der Waals surface area contributed by atoms with Gasteiger partial charge < -0.3 is 19.4 Å². The van der Waals surface area contributed by atoms with Crippen LogP contribution in [0, 0.1) is 0 Å². The third kappa shape index (κ3) is 3.42. The van der Waals surface area contributed by atoms with Crippen molar-refractivity contribution in [3.63, 3.8) is 0 Å². The molecule has 0 amide bonds. The SMILES string of the molecule is COc1cc2nc(C[NH+](C)Cc3cccs3)[nH]c(=O)c2cc1OC. The molecule has 0 saturated carbocycles. The normalized spacial score (nSPS) is 12.3. The van der Waals surface area contributed by atoms with Crippen molar-refractivity contribution in [1.29, 1.82) is 0 Å². The van der Waals surface area contributed by atoms with E-state index in [9.17, 15) is 4.79 Å². The number of hydrogen-bond donors (Lipinski definition) is 2. The maximum Gasteiger partial charge on any atom is 0.259 e. The highest BCUT2D eigenvalue weighted by molar-refractivity contribution is 7.09. The largest absolute Gasteiger partial charge is 0.493 e. The Morgan fingerprint density at radius 3 is 2.62 bits per heavy atom. The van der Waals surface area contributed by atoms with Crippen molar-refractivity contribution in [3.8, 4) is 11.5 Å². The van der Waals surface area contributed by atoms with Crippen molar-refractivity contribution in [1.82, 2.24) is 9.97 Å². The highest BCUT2D eigenvalue weighted by atomic mass is 32.1. The lowest BCUT2D eigenvalue weighted by Crippen LogP contribution is -3.06. The summed E-state index contributed by atoms with van der Waals surface area (Å²) in [5.74, 6) is 1.74. The van der Waals surface area contributed by atoms with Gasteiger partial charge in [-0.25, -0.2) is 4.98 Å². The molecule has 0 aliphatic rings. The van der Waals surface area contributed by atoms with E-state index in [-0.39, 0.29) is 5.56 Å². The third-order valence-corrected chi connectivity index (χ3v) is 4.66. The molecule has 24 heavy (non-hydrogen) atoms. The first-order valence-electron chi connectivity index (χ1n) is 7.59. The van der Waals surface area contributed by atoms with Crippen LogP contribution in [0.5, 0.6) is 11.5 Å². The number of thiophene rings is 1. The number of fused-ring (bicyclic) bond motifs is 1. The van der Waals surface area contributed by atoms with Gasteiger partial charge in [0.25, 0.3) is 5.56 Å². The second kappa shape index (κ2) is 7.02. The van der Waals surface area contributed by atoms with E-state index in [2.05, 4.69) is 28.5 Å². The average Bonchev–Trinajstić information content (AvgIpc) is 3.06.